The van der Waals surface area contributed by atoms with Gasteiger partial charge in [-0.1, -0.05) is 41.9 Å². The third kappa shape index (κ3) is 8.34. The Bertz CT molecular complexity index is 774. The largest absolute Gasteiger partial charge is 0.386 e. The smallest absolute Gasteiger partial charge is 0.191 e. The van der Waals surface area contributed by atoms with Gasteiger partial charge in [-0.2, -0.15) is 0 Å². The number of likely N-dealkylation sites (tertiary alicyclic amines) is 1. The van der Waals surface area contributed by atoms with Crippen LogP contribution in [0.25, 0.3) is 0 Å². The Morgan fingerprint density at radius 3 is 2.77 bits per heavy atom. The highest BCUT2D eigenvalue weighted by Crippen LogP contribution is 2.26. The van der Waals surface area contributed by atoms with Gasteiger partial charge in [0, 0.05) is 31.1 Å². The van der Waals surface area contributed by atoms with Gasteiger partial charge < -0.3 is 20.6 Å². The maximum atomic E-state index is 10.3. The lowest BCUT2D eigenvalue weighted by atomic mass is 10.1. The van der Waals surface area contributed by atoms with Crippen LogP contribution >= 0.6 is 46.9 Å². The highest BCUT2D eigenvalue weighted by Gasteiger charge is 2.22. The van der Waals surface area contributed by atoms with Gasteiger partial charge in [-0.3, -0.25) is 4.99 Å². The minimum absolute atomic E-state index is 0. The molecule has 5 nitrogen and oxygen atoms in total. The summed E-state index contributed by atoms with van der Waals surface area (Å²) in [5.41, 5.74) is 1.40. The molecule has 3 N–H and O–H groups in total. The van der Waals surface area contributed by atoms with Gasteiger partial charge in [0.2, 0.25) is 0 Å². The summed E-state index contributed by atoms with van der Waals surface area (Å²) in [7, 11) is 0. The fourth-order valence-corrected chi connectivity index (χ4v) is 4.61. The summed E-state index contributed by atoms with van der Waals surface area (Å²) < 4.78 is 0.686. The first-order valence-electron chi connectivity index (χ1n) is 10.4. The summed E-state index contributed by atoms with van der Waals surface area (Å²) in [5, 5.41) is 17.0. The Kier molecular flexibility index (Phi) is 11.4. The highest BCUT2D eigenvalue weighted by atomic mass is 127. The minimum Gasteiger partial charge on any atom is -0.386 e. The quantitative estimate of drug-likeness (QED) is 0.244. The number of halogens is 2. The molecule has 3 rings (SSSR count). The van der Waals surface area contributed by atoms with Gasteiger partial charge in [-0.05, 0) is 49.9 Å². The number of aliphatic imine (C=N–C) groups is 1. The second-order valence-corrected chi connectivity index (χ2v) is 9.20. The Balaban J connectivity index is 0.00000320. The molecule has 1 saturated heterocycles. The molecule has 30 heavy (non-hydrogen) atoms. The van der Waals surface area contributed by atoms with E-state index < -0.39 is 6.10 Å². The number of aliphatic hydroxyl groups excluding tert-OH is 1. The van der Waals surface area contributed by atoms with Gasteiger partial charge in [0.25, 0.3) is 0 Å². The number of nitrogens with zero attached hydrogens (tertiary/aromatic N) is 2. The van der Waals surface area contributed by atoms with Crippen molar-refractivity contribution in [2.75, 3.05) is 39.3 Å². The van der Waals surface area contributed by atoms with Crippen molar-refractivity contribution in [3.63, 3.8) is 0 Å². The van der Waals surface area contributed by atoms with Gasteiger partial charge in [0.1, 0.15) is 6.10 Å². The molecule has 1 aliphatic heterocycles. The van der Waals surface area contributed by atoms with E-state index in [0.29, 0.717) is 16.8 Å². The van der Waals surface area contributed by atoms with Crippen molar-refractivity contribution in [1.29, 1.82) is 0 Å². The molecule has 2 atom stereocenters. The molecule has 8 heteroatoms. The lowest BCUT2D eigenvalue weighted by Gasteiger charge is -2.18. The van der Waals surface area contributed by atoms with Crippen molar-refractivity contribution in [2.45, 2.75) is 25.9 Å². The maximum absolute atomic E-state index is 10.3. The first kappa shape index (κ1) is 25.4. The summed E-state index contributed by atoms with van der Waals surface area (Å²) in [4.78, 5) is 7.95. The first-order valence-corrected chi connectivity index (χ1v) is 11.5. The van der Waals surface area contributed by atoms with E-state index in [1.165, 1.54) is 23.3 Å². The van der Waals surface area contributed by atoms with Crippen molar-refractivity contribution < 1.29 is 5.11 Å². The second kappa shape index (κ2) is 13.5. The molecule has 0 saturated carbocycles. The van der Waals surface area contributed by atoms with Gasteiger partial charge in [-0.15, -0.1) is 35.3 Å². The molecule has 0 aliphatic carbocycles. The summed E-state index contributed by atoms with van der Waals surface area (Å²) in [6, 6.07) is 14.4. The van der Waals surface area contributed by atoms with Crippen molar-refractivity contribution >= 4 is 52.9 Å². The topological polar surface area (TPSA) is 59.9 Å². The highest BCUT2D eigenvalue weighted by molar-refractivity contribution is 14.0. The second-order valence-electron chi connectivity index (χ2n) is 7.45. The van der Waals surface area contributed by atoms with Crippen LogP contribution in [0.3, 0.4) is 0 Å². The van der Waals surface area contributed by atoms with Crippen molar-refractivity contribution in [2.24, 2.45) is 10.9 Å². The number of thiophene rings is 1. The van der Waals surface area contributed by atoms with E-state index in [1.807, 2.05) is 19.1 Å². The van der Waals surface area contributed by atoms with E-state index in [2.05, 4.69) is 50.9 Å². The Morgan fingerprint density at radius 1 is 1.27 bits per heavy atom. The number of nitrogens with one attached hydrogen (secondary N) is 2. The fraction of sp³-hybridized carbons (Fsp3) is 0.500. The van der Waals surface area contributed by atoms with Crippen LogP contribution in [0, 0.1) is 5.92 Å². The summed E-state index contributed by atoms with van der Waals surface area (Å²) >= 11 is 7.35. The summed E-state index contributed by atoms with van der Waals surface area (Å²) in [6.45, 7) is 7.45. The number of hydrogen-bond acceptors (Lipinski definition) is 4. The molecule has 2 unspecified atom stereocenters. The maximum Gasteiger partial charge on any atom is 0.191 e. The predicted octanol–water partition coefficient (Wildman–Crippen LogP) is 4.17. The van der Waals surface area contributed by atoms with Crippen LogP contribution in [0.2, 0.25) is 4.34 Å². The molecule has 1 aliphatic rings. The number of benzene rings is 1. The minimum atomic E-state index is -0.622. The molecular formula is C22H32ClIN4OS. The SMILES string of the molecule is CCNC(=NCC(O)c1ccc(Cl)s1)NCC1CCN(CCc2ccccc2)C1.I. The normalized spacial score (nSPS) is 18.1. The molecule has 0 amide bonds. The van der Waals surface area contributed by atoms with Crippen LogP contribution in [0.4, 0.5) is 0 Å². The molecule has 0 radical (unpaired) electrons. The Hall–Kier alpha value is -0.870. The molecule has 1 aromatic carbocycles. The van der Waals surface area contributed by atoms with E-state index >= 15 is 0 Å². The van der Waals surface area contributed by atoms with Gasteiger partial charge >= 0.3 is 0 Å². The zero-order valence-corrected chi connectivity index (χ0v) is 21.3. The average Bonchev–Trinajstić information content (AvgIpc) is 3.38. The van der Waals surface area contributed by atoms with E-state index in [1.54, 1.807) is 0 Å². The molecule has 1 aromatic heterocycles. The first-order chi connectivity index (χ1) is 14.1. The molecule has 1 fully saturated rings. The molecule has 2 heterocycles. The van der Waals surface area contributed by atoms with Crippen LogP contribution in [0.15, 0.2) is 47.5 Å². The fourth-order valence-electron chi connectivity index (χ4n) is 3.57. The molecule has 0 bridgehead atoms. The van der Waals surface area contributed by atoms with Crippen LogP contribution < -0.4 is 10.6 Å². The van der Waals surface area contributed by atoms with Crippen molar-refractivity contribution in [3.05, 3.63) is 57.2 Å². The summed E-state index contributed by atoms with van der Waals surface area (Å²) in [6.07, 6.45) is 1.69. The number of rotatable bonds is 9. The molecular weight excluding hydrogens is 531 g/mol. The average molecular weight is 563 g/mol. The van der Waals surface area contributed by atoms with E-state index in [4.69, 9.17) is 11.6 Å². The number of hydrogen-bond donors (Lipinski definition) is 3. The van der Waals surface area contributed by atoms with Crippen molar-refractivity contribution in [1.82, 2.24) is 15.5 Å². The van der Waals surface area contributed by atoms with Crippen LogP contribution in [0.1, 0.15) is 29.9 Å². The predicted molar refractivity (Wildman–Crippen MR) is 138 cm³/mol. The van der Waals surface area contributed by atoms with E-state index in [9.17, 15) is 5.11 Å². The lowest BCUT2D eigenvalue weighted by molar-refractivity contribution is 0.191. The van der Waals surface area contributed by atoms with Crippen LogP contribution in [0.5, 0.6) is 0 Å². The molecule has 0 spiro atoms. The van der Waals surface area contributed by atoms with Crippen molar-refractivity contribution in [3.8, 4) is 0 Å². The van der Waals surface area contributed by atoms with Gasteiger partial charge in [0.15, 0.2) is 5.96 Å². The zero-order valence-electron chi connectivity index (χ0n) is 17.4. The van der Waals surface area contributed by atoms with Crippen LogP contribution in [-0.2, 0) is 6.42 Å². The monoisotopic (exact) mass is 562 g/mol. The summed E-state index contributed by atoms with van der Waals surface area (Å²) in [5.74, 6) is 1.38. The standard InChI is InChI=1S/C22H31ClN4OS.HI/c1-2-24-22(26-15-19(28)20-8-9-21(23)29-20)25-14-18-11-13-27(16-18)12-10-17-6-4-3-5-7-17;/h3-9,18-19,28H,2,10-16H2,1H3,(H2,24,25,26);1H. The Labute approximate surface area is 205 Å². The molecule has 2 aromatic rings. The Morgan fingerprint density at radius 2 is 2.07 bits per heavy atom. The molecule has 166 valence electrons. The van der Waals surface area contributed by atoms with Crippen LogP contribution in [-0.4, -0.2) is 55.2 Å². The van der Waals surface area contributed by atoms with E-state index in [-0.39, 0.29) is 24.0 Å². The van der Waals surface area contributed by atoms with Gasteiger partial charge in [-0.25, -0.2) is 0 Å². The third-order valence-corrected chi connectivity index (χ3v) is 6.51. The third-order valence-electron chi connectivity index (χ3n) is 5.18. The zero-order chi connectivity index (χ0) is 20.5. The lowest BCUT2D eigenvalue weighted by Crippen LogP contribution is -2.40. The number of aliphatic hydroxyl groups is 1. The van der Waals surface area contributed by atoms with E-state index in [0.717, 1.165) is 50.0 Å². The number of guanidine groups is 1. The van der Waals surface area contributed by atoms with Gasteiger partial charge in [0.05, 0.1) is 10.9 Å².